The number of thiocarbonyl (C=S) groups is 1. The van der Waals surface area contributed by atoms with Crippen LogP contribution in [0.5, 0.6) is 11.5 Å². The van der Waals surface area contributed by atoms with E-state index in [1.807, 2.05) is 60.5 Å². The molecule has 0 amide bonds. The summed E-state index contributed by atoms with van der Waals surface area (Å²) >= 11 is 11.2. The van der Waals surface area contributed by atoms with E-state index in [0.29, 0.717) is 29.8 Å². The van der Waals surface area contributed by atoms with Crippen LogP contribution in [0.25, 0.3) is 0 Å². The Bertz CT molecular complexity index is 647. The maximum atomic E-state index is 5.84. The average molecular weight is 365 g/mol. The number of hydrogen-bond donors (Lipinski definition) is 1. The molecule has 0 radical (unpaired) electrons. The van der Waals surface area contributed by atoms with Crippen molar-refractivity contribution in [2.45, 2.75) is 6.54 Å². The van der Waals surface area contributed by atoms with Crippen molar-refractivity contribution in [3.8, 4) is 11.5 Å². The molecule has 0 aliphatic rings. The van der Waals surface area contributed by atoms with E-state index in [1.165, 1.54) is 0 Å². The molecule has 0 saturated heterocycles. The molecule has 0 aromatic heterocycles. The largest absolute Gasteiger partial charge is 0.497 e. The summed E-state index contributed by atoms with van der Waals surface area (Å²) in [5.41, 5.74) is 1.14. The van der Waals surface area contributed by atoms with E-state index in [9.17, 15) is 0 Å². The molecule has 2 aromatic carbocycles. The molecule has 0 fully saturated rings. The highest BCUT2D eigenvalue weighted by molar-refractivity contribution is 7.80. The second-order valence-corrected chi connectivity index (χ2v) is 6.05. The van der Waals surface area contributed by atoms with Crippen molar-refractivity contribution < 1.29 is 9.47 Å². The van der Waals surface area contributed by atoms with Crippen LogP contribution in [0.15, 0.2) is 48.5 Å². The van der Waals surface area contributed by atoms with Gasteiger partial charge in [0.2, 0.25) is 0 Å². The Morgan fingerprint density at radius 1 is 1.08 bits per heavy atom. The van der Waals surface area contributed by atoms with Gasteiger partial charge < -0.3 is 19.7 Å². The molecule has 0 bridgehead atoms. The van der Waals surface area contributed by atoms with Crippen LogP contribution in [0.3, 0.4) is 0 Å². The maximum Gasteiger partial charge on any atom is 0.169 e. The smallest absolute Gasteiger partial charge is 0.169 e. The molecular formula is C18H21ClN2O2S. The maximum absolute atomic E-state index is 5.84. The molecule has 0 spiro atoms. The summed E-state index contributed by atoms with van der Waals surface area (Å²) in [5.74, 6) is 1.64. The predicted octanol–water partition coefficient (Wildman–Crippen LogP) is 3.73. The summed E-state index contributed by atoms with van der Waals surface area (Å²) in [7, 11) is 3.60. The summed E-state index contributed by atoms with van der Waals surface area (Å²) in [5, 5.41) is 4.62. The predicted molar refractivity (Wildman–Crippen MR) is 102 cm³/mol. The number of ether oxygens (including phenoxy) is 2. The van der Waals surface area contributed by atoms with Gasteiger partial charge in [0.15, 0.2) is 5.11 Å². The quantitative estimate of drug-likeness (QED) is 0.757. The van der Waals surface area contributed by atoms with Gasteiger partial charge in [0, 0.05) is 18.6 Å². The number of benzene rings is 2. The lowest BCUT2D eigenvalue weighted by Crippen LogP contribution is -2.38. The third-order valence-corrected chi connectivity index (χ3v) is 4.17. The minimum absolute atomic E-state index is 0.544. The molecule has 0 atom stereocenters. The molecule has 4 nitrogen and oxygen atoms in total. The molecule has 24 heavy (non-hydrogen) atoms. The van der Waals surface area contributed by atoms with E-state index in [2.05, 4.69) is 5.32 Å². The Labute approximate surface area is 153 Å². The number of methoxy groups -OCH3 is 1. The lowest BCUT2D eigenvalue weighted by atomic mass is 10.2. The van der Waals surface area contributed by atoms with Crippen molar-refractivity contribution in [3.63, 3.8) is 0 Å². The summed E-state index contributed by atoms with van der Waals surface area (Å²) < 4.78 is 10.8. The van der Waals surface area contributed by atoms with Crippen LogP contribution in [0, 0.1) is 0 Å². The molecule has 0 heterocycles. The van der Waals surface area contributed by atoms with Crippen LogP contribution in [0.2, 0.25) is 5.02 Å². The molecule has 128 valence electrons. The molecule has 0 aliphatic heterocycles. The van der Waals surface area contributed by atoms with Gasteiger partial charge in [-0.1, -0.05) is 23.7 Å². The van der Waals surface area contributed by atoms with Gasteiger partial charge in [-0.25, -0.2) is 0 Å². The van der Waals surface area contributed by atoms with Crippen LogP contribution in [-0.4, -0.2) is 37.3 Å². The normalized spacial score (nSPS) is 10.1. The van der Waals surface area contributed by atoms with Crippen molar-refractivity contribution >= 4 is 28.9 Å². The van der Waals surface area contributed by atoms with E-state index >= 15 is 0 Å². The Hall–Kier alpha value is -1.98. The second kappa shape index (κ2) is 9.35. The average Bonchev–Trinajstić information content (AvgIpc) is 2.61. The van der Waals surface area contributed by atoms with Crippen molar-refractivity contribution in [2.24, 2.45) is 0 Å². The summed E-state index contributed by atoms with van der Waals surface area (Å²) in [6.07, 6.45) is 0. The first-order valence-corrected chi connectivity index (χ1v) is 8.37. The van der Waals surface area contributed by atoms with Gasteiger partial charge in [-0.15, -0.1) is 0 Å². The van der Waals surface area contributed by atoms with E-state index < -0.39 is 0 Å². The fourth-order valence-corrected chi connectivity index (χ4v) is 2.28. The summed E-state index contributed by atoms with van der Waals surface area (Å²) in [6.45, 7) is 1.91. The number of likely N-dealkylation sites (N-methyl/N-ethyl adjacent to an activating group) is 1. The Kier molecular flexibility index (Phi) is 7.15. The van der Waals surface area contributed by atoms with Crippen molar-refractivity contribution in [2.75, 3.05) is 27.3 Å². The topological polar surface area (TPSA) is 33.7 Å². The molecule has 2 aromatic rings. The Morgan fingerprint density at radius 3 is 2.33 bits per heavy atom. The monoisotopic (exact) mass is 364 g/mol. The van der Waals surface area contributed by atoms with E-state index in [4.69, 9.17) is 33.3 Å². The molecular weight excluding hydrogens is 344 g/mol. The lowest BCUT2D eigenvalue weighted by Gasteiger charge is -2.21. The van der Waals surface area contributed by atoms with Gasteiger partial charge in [-0.3, -0.25) is 0 Å². The first kappa shape index (κ1) is 18.4. The SMILES string of the molecule is COc1ccc(CNC(=S)N(C)CCOc2ccc(Cl)cc2)cc1. The minimum Gasteiger partial charge on any atom is -0.497 e. The van der Waals surface area contributed by atoms with Gasteiger partial charge in [0.05, 0.1) is 13.7 Å². The van der Waals surface area contributed by atoms with E-state index in [-0.39, 0.29) is 0 Å². The third kappa shape index (κ3) is 5.91. The zero-order valence-electron chi connectivity index (χ0n) is 13.8. The highest BCUT2D eigenvalue weighted by Gasteiger charge is 2.04. The van der Waals surface area contributed by atoms with Crippen LogP contribution in [-0.2, 0) is 6.54 Å². The lowest BCUT2D eigenvalue weighted by molar-refractivity contribution is 0.283. The van der Waals surface area contributed by atoms with Crippen molar-refractivity contribution in [1.29, 1.82) is 0 Å². The van der Waals surface area contributed by atoms with E-state index in [1.54, 1.807) is 7.11 Å². The zero-order chi connectivity index (χ0) is 17.4. The van der Waals surface area contributed by atoms with Gasteiger partial charge in [0.1, 0.15) is 18.1 Å². The van der Waals surface area contributed by atoms with Crippen LogP contribution in [0.1, 0.15) is 5.56 Å². The molecule has 1 N–H and O–H groups in total. The van der Waals surface area contributed by atoms with Crippen molar-refractivity contribution in [3.05, 3.63) is 59.1 Å². The van der Waals surface area contributed by atoms with Crippen LogP contribution < -0.4 is 14.8 Å². The van der Waals surface area contributed by atoms with Crippen LogP contribution in [0.4, 0.5) is 0 Å². The Morgan fingerprint density at radius 2 is 1.71 bits per heavy atom. The molecule has 2 rings (SSSR count). The summed E-state index contributed by atoms with van der Waals surface area (Å²) in [6, 6.07) is 15.2. The van der Waals surface area contributed by atoms with Gasteiger partial charge >= 0.3 is 0 Å². The Balaban J connectivity index is 1.70. The number of nitrogens with one attached hydrogen (secondary N) is 1. The molecule has 0 saturated carbocycles. The first-order valence-electron chi connectivity index (χ1n) is 7.59. The molecule has 0 unspecified atom stereocenters. The van der Waals surface area contributed by atoms with Gasteiger partial charge in [-0.2, -0.15) is 0 Å². The van der Waals surface area contributed by atoms with Crippen LogP contribution >= 0.6 is 23.8 Å². The van der Waals surface area contributed by atoms with Gasteiger partial charge in [0.25, 0.3) is 0 Å². The highest BCUT2D eigenvalue weighted by atomic mass is 35.5. The second-order valence-electron chi connectivity index (χ2n) is 5.23. The zero-order valence-corrected chi connectivity index (χ0v) is 15.4. The number of hydrogen-bond acceptors (Lipinski definition) is 3. The standard InChI is InChI=1S/C18H21ClN2O2S/c1-21(11-12-23-17-9-5-15(19)6-10-17)18(24)20-13-14-3-7-16(22-2)8-4-14/h3-10H,11-13H2,1-2H3,(H,20,24). The molecule has 6 heteroatoms. The van der Waals surface area contributed by atoms with E-state index in [0.717, 1.165) is 17.1 Å². The highest BCUT2D eigenvalue weighted by Crippen LogP contribution is 2.15. The minimum atomic E-state index is 0.544. The fourth-order valence-electron chi connectivity index (χ4n) is 1.99. The van der Waals surface area contributed by atoms with Gasteiger partial charge in [-0.05, 0) is 54.2 Å². The third-order valence-electron chi connectivity index (χ3n) is 3.46. The first-order chi connectivity index (χ1) is 11.6. The number of nitrogens with zero attached hydrogens (tertiary/aromatic N) is 1. The molecule has 0 aliphatic carbocycles. The van der Waals surface area contributed by atoms with Crippen molar-refractivity contribution in [1.82, 2.24) is 10.2 Å². The number of rotatable bonds is 7. The number of halogens is 1. The fraction of sp³-hybridized carbons (Fsp3) is 0.278. The summed E-state index contributed by atoms with van der Waals surface area (Å²) in [4.78, 5) is 1.95.